The summed E-state index contributed by atoms with van der Waals surface area (Å²) in [5, 5.41) is 0. The molecule has 120 valence electrons. The van der Waals surface area contributed by atoms with Crippen LogP contribution in [0.15, 0.2) is 12.4 Å². The molecule has 2 amide bonds. The molecular weight excluding hydrogens is 302 g/mol. The van der Waals surface area contributed by atoms with Crippen molar-refractivity contribution in [3.8, 4) is 0 Å². The maximum absolute atomic E-state index is 12.5. The number of carbonyl (C=O) groups is 2. The molecule has 3 rings (SSSR count). The van der Waals surface area contributed by atoms with E-state index >= 15 is 0 Å². The van der Waals surface area contributed by atoms with Gasteiger partial charge in [-0.1, -0.05) is 0 Å². The van der Waals surface area contributed by atoms with Crippen LogP contribution in [0.4, 0.5) is 0 Å². The summed E-state index contributed by atoms with van der Waals surface area (Å²) in [5.41, 5.74) is 0. The average molecular weight is 323 g/mol. The van der Waals surface area contributed by atoms with Gasteiger partial charge in [-0.25, -0.2) is 4.98 Å². The number of likely N-dealkylation sites (N-methyl/N-ethyl adjacent to an activating group) is 1. The summed E-state index contributed by atoms with van der Waals surface area (Å²) in [5.74, 6) is 2.18. The molecule has 1 unspecified atom stereocenters. The Hall–Kier alpha value is -1.54. The number of rotatable bonds is 3. The smallest absolute Gasteiger partial charge is 0.242 e. The number of aromatic nitrogens is 2. The highest BCUT2D eigenvalue weighted by atomic mass is 32.2. The van der Waals surface area contributed by atoms with Gasteiger partial charge in [0.2, 0.25) is 11.8 Å². The zero-order valence-electron chi connectivity index (χ0n) is 12.9. The highest BCUT2D eigenvalue weighted by molar-refractivity contribution is 8.00. The van der Waals surface area contributed by atoms with Crippen molar-refractivity contribution < 1.29 is 9.59 Å². The number of hydrogen-bond donors (Lipinski definition) is 0. The molecule has 0 aromatic carbocycles. The van der Waals surface area contributed by atoms with Crippen molar-refractivity contribution in [2.75, 3.05) is 44.9 Å². The van der Waals surface area contributed by atoms with Gasteiger partial charge in [0, 0.05) is 39.1 Å². The minimum atomic E-state index is 0.0307. The highest BCUT2D eigenvalue weighted by Crippen LogP contribution is 2.23. The summed E-state index contributed by atoms with van der Waals surface area (Å²) < 4.78 is 2.00. The molecule has 2 fully saturated rings. The summed E-state index contributed by atoms with van der Waals surface area (Å²) in [6.07, 6.45) is 3.70. The average Bonchev–Trinajstić information content (AvgIpc) is 3.09. The first kappa shape index (κ1) is 15.4. The Balaban J connectivity index is 1.66. The predicted octanol–water partition coefficient (Wildman–Crippen LogP) is -0.232. The fraction of sp³-hybridized carbons (Fsp3) is 0.643. The molecule has 0 radical (unpaired) electrons. The Kier molecular flexibility index (Phi) is 4.39. The lowest BCUT2D eigenvalue weighted by atomic mass is 10.1. The van der Waals surface area contributed by atoms with E-state index in [4.69, 9.17) is 0 Å². The third-order valence-corrected chi connectivity index (χ3v) is 5.25. The van der Waals surface area contributed by atoms with E-state index < -0.39 is 0 Å². The molecule has 2 aliphatic heterocycles. The van der Waals surface area contributed by atoms with Gasteiger partial charge >= 0.3 is 0 Å². The van der Waals surface area contributed by atoms with Crippen LogP contribution in [0.2, 0.25) is 0 Å². The van der Waals surface area contributed by atoms with Crippen LogP contribution >= 0.6 is 11.8 Å². The molecule has 2 aliphatic rings. The quantitative estimate of drug-likeness (QED) is 0.769. The molecule has 0 N–H and O–H groups in total. The summed E-state index contributed by atoms with van der Waals surface area (Å²) in [4.78, 5) is 34.3. The summed E-state index contributed by atoms with van der Waals surface area (Å²) in [6.45, 7) is 2.33. The lowest BCUT2D eigenvalue weighted by molar-refractivity contribution is -0.140. The summed E-state index contributed by atoms with van der Waals surface area (Å²) in [6, 6.07) is 0.0985. The standard InChI is InChI=1S/C14H21N5O2S/c1-16-5-6-18(7-11(16)14-15-3-4-17(14)2)12(20)8-19-10-22-9-13(19)21/h3-4,11H,5-10H2,1-2H3. The Labute approximate surface area is 134 Å². The van der Waals surface area contributed by atoms with Gasteiger partial charge < -0.3 is 14.4 Å². The van der Waals surface area contributed by atoms with E-state index in [1.807, 2.05) is 22.7 Å². The fourth-order valence-corrected chi connectivity index (χ4v) is 3.78. The molecule has 0 spiro atoms. The van der Waals surface area contributed by atoms with Crippen LogP contribution in [-0.4, -0.2) is 80.9 Å². The first-order valence-electron chi connectivity index (χ1n) is 7.37. The van der Waals surface area contributed by atoms with Crippen molar-refractivity contribution in [3.05, 3.63) is 18.2 Å². The second-order valence-electron chi connectivity index (χ2n) is 5.80. The monoisotopic (exact) mass is 323 g/mol. The molecule has 0 bridgehead atoms. The molecule has 7 nitrogen and oxygen atoms in total. The first-order valence-corrected chi connectivity index (χ1v) is 8.52. The Morgan fingerprint density at radius 1 is 1.41 bits per heavy atom. The number of amides is 2. The van der Waals surface area contributed by atoms with Gasteiger partial charge in [-0.3, -0.25) is 14.5 Å². The summed E-state index contributed by atoms with van der Waals surface area (Å²) >= 11 is 1.56. The Morgan fingerprint density at radius 3 is 2.86 bits per heavy atom. The maximum atomic E-state index is 12.5. The molecule has 3 heterocycles. The minimum Gasteiger partial charge on any atom is -0.338 e. The van der Waals surface area contributed by atoms with Gasteiger partial charge in [0.05, 0.1) is 17.7 Å². The van der Waals surface area contributed by atoms with E-state index in [0.29, 0.717) is 24.7 Å². The third-order valence-electron chi connectivity index (χ3n) is 4.31. The normalized spacial score (nSPS) is 23.4. The van der Waals surface area contributed by atoms with Crippen LogP contribution in [-0.2, 0) is 16.6 Å². The number of imidazole rings is 1. The molecule has 1 aromatic rings. The Morgan fingerprint density at radius 2 is 2.23 bits per heavy atom. The molecule has 2 saturated heterocycles. The van der Waals surface area contributed by atoms with Gasteiger partial charge in [-0.2, -0.15) is 0 Å². The van der Waals surface area contributed by atoms with E-state index in [1.165, 1.54) is 0 Å². The van der Waals surface area contributed by atoms with Crippen LogP contribution < -0.4 is 0 Å². The number of carbonyl (C=O) groups excluding carboxylic acids is 2. The first-order chi connectivity index (χ1) is 10.6. The van der Waals surface area contributed by atoms with Crippen LogP contribution in [0.3, 0.4) is 0 Å². The van der Waals surface area contributed by atoms with Gasteiger partial charge in [0.1, 0.15) is 12.4 Å². The molecule has 0 saturated carbocycles. The number of hydrogen-bond acceptors (Lipinski definition) is 5. The number of aryl methyl sites for hydroxylation is 1. The van der Waals surface area contributed by atoms with Crippen LogP contribution in [0.25, 0.3) is 0 Å². The molecular formula is C14H21N5O2S. The second kappa shape index (κ2) is 6.29. The van der Waals surface area contributed by atoms with Crippen LogP contribution in [0.1, 0.15) is 11.9 Å². The number of piperazine rings is 1. The van der Waals surface area contributed by atoms with E-state index in [0.717, 1.165) is 12.4 Å². The van der Waals surface area contributed by atoms with E-state index in [1.54, 1.807) is 22.9 Å². The molecule has 8 heteroatoms. The molecule has 1 aromatic heterocycles. The lowest BCUT2D eigenvalue weighted by Gasteiger charge is -2.39. The van der Waals surface area contributed by atoms with Crippen molar-refractivity contribution in [1.82, 2.24) is 24.3 Å². The number of thioether (sulfide) groups is 1. The van der Waals surface area contributed by atoms with E-state index in [2.05, 4.69) is 16.9 Å². The molecule has 1 atom stereocenters. The fourth-order valence-electron chi connectivity index (χ4n) is 2.88. The largest absolute Gasteiger partial charge is 0.338 e. The molecule has 0 aliphatic carbocycles. The number of nitrogens with zero attached hydrogens (tertiary/aromatic N) is 5. The van der Waals surface area contributed by atoms with Crippen molar-refractivity contribution in [2.24, 2.45) is 7.05 Å². The topological polar surface area (TPSA) is 61.7 Å². The van der Waals surface area contributed by atoms with Gasteiger partial charge in [-0.05, 0) is 7.05 Å². The predicted molar refractivity (Wildman–Crippen MR) is 84.2 cm³/mol. The van der Waals surface area contributed by atoms with Crippen molar-refractivity contribution in [3.63, 3.8) is 0 Å². The SMILES string of the molecule is CN1CCN(C(=O)CN2CSCC2=O)CC1c1nccn1C. The second-order valence-corrected chi connectivity index (χ2v) is 6.76. The van der Waals surface area contributed by atoms with Gasteiger partial charge in [0.25, 0.3) is 0 Å². The van der Waals surface area contributed by atoms with Crippen molar-refractivity contribution >= 4 is 23.6 Å². The van der Waals surface area contributed by atoms with Crippen LogP contribution in [0.5, 0.6) is 0 Å². The van der Waals surface area contributed by atoms with E-state index in [-0.39, 0.29) is 24.4 Å². The lowest BCUT2D eigenvalue weighted by Crippen LogP contribution is -2.52. The Bertz CT molecular complexity index is 575. The highest BCUT2D eigenvalue weighted by Gasteiger charge is 2.32. The third kappa shape index (κ3) is 2.98. The minimum absolute atomic E-state index is 0.0307. The molecule has 22 heavy (non-hydrogen) atoms. The van der Waals surface area contributed by atoms with E-state index in [9.17, 15) is 9.59 Å². The van der Waals surface area contributed by atoms with Gasteiger partial charge in [0.15, 0.2) is 0 Å². The zero-order valence-corrected chi connectivity index (χ0v) is 13.8. The van der Waals surface area contributed by atoms with Crippen molar-refractivity contribution in [2.45, 2.75) is 6.04 Å². The van der Waals surface area contributed by atoms with Crippen molar-refractivity contribution in [1.29, 1.82) is 0 Å². The van der Waals surface area contributed by atoms with Gasteiger partial charge in [-0.15, -0.1) is 11.8 Å². The maximum Gasteiger partial charge on any atom is 0.242 e. The summed E-state index contributed by atoms with van der Waals surface area (Å²) in [7, 11) is 4.03. The zero-order chi connectivity index (χ0) is 15.7. The van der Waals surface area contributed by atoms with Crippen LogP contribution in [0, 0.1) is 0 Å².